The molecule has 0 aliphatic rings. The van der Waals surface area contributed by atoms with Crippen molar-refractivity contribution in [1.29, 1.82) is 0 Å². The van der Waals surface area contributed by atoms with E-state index in [2.05, 4.69) is 5.16 Å². The van der Waals surface area contributed by atoms with Gasteiger partial charge in [-0.1, -0.05) is 71.9 Å². The highest BCUT2D eigenvalue weighted by molar-refractivity contribution is 6.01. The van der Waals surface area contributed by atoms with Crippen LogP contribution in [0.2, 0.25) is 0 Å². The number of nitrogens with zero attached hydrogens (tertiary/aromatic N) is 1. The summed E-state index contributed by atoms with van der Waals surface area (Å²) in [5.74, 6) is 0. The first-order valence-electron chi connectivity index (χ1n) is 8.39. The third kappa shape index (κ3) is 4.76. The van der Waals surface area contributed by atoms with Gasteiger partial charge in [0.25, 0.3) is 0 Å². The molecule has 0 saturated carbocycles. The third-order valence-corrected chi connectivity index (χ3v) is 4.18. The molecular formula is C22H18F3NO. The highest BCUT2D eigenvalue weighted by atomic mass is 19.4. The van der Waals surface area contributed by atoms with E-state index in [4.69, 9.17) is 4.84 Å². The molecule has 3 aromatic carbocycles. The summed E-state index contributed by atoms with van der Waals surface area (Å²) in [6, 6.07) is 22.6. The van der Waals surface area contributed by atoms with Crippen LogP contribution in [-0.4, -0.2) is 12.8 Å². The first-order chi connectivity index (χ1) is 13.0. The fourth-order valence-electron chi connectivity index (χ4n) is 2.79. The quantitative estimate of drug-likeness (QED) is 0.401. The lowest BCUT2D eigenvalue weighted by Gasteiger charge is -2.09. The van der Waals surface area contributed by atoms with Gasteiger partial charge >= 0.3 is 6.18 Å². The molecule has 27 heavy (non-hydrogen) atoms. The highest BCUT2D eigenvalue weighted by Crippen LogP contribution is 2.31. The molecular weight excluding hydrogens is 351 g/mol. The SMILES string of the molecule is CO/N=C(\Cc1ccccc1)c1ccc(-c2ccc(C(F)(F)F)cc2)cc1. The van der Waals surface area contributed by atoms with Crippen LogP contribution in [-0.2, 0) is 17.4 Å². The molecule has 138 valence electrons. The molecule has 3 rings (SSSR count). The standard InChI is InChI=1S/C22H18F3NO/c1-27-26-21(15-16-5-3-2-4-6-16)19-9-7-17(8-10-19)18-11-13-20(14-12-18)22(23,24)25/h2-14H,15H2,1H3/b26-21+. The van der Waals surface area contributed by atoms with Gasteiger partial charge in [0.15, 0.2) is 0 Å². The molecule has 3 aromatic rings. The monoisotopic (exact) mass is 369 g/mol. The van der Waals surface area contributed by atoms with Gasteiger partial charge in [-0.05, 0) is 34.4 Å². The largest absolute Gasteiger partial charge is 0.416 e. The van der Waals surface area contributed by atoms with Crippen molar-refractivity contribution in [2.45, 2.75) is 12.6 Å². The van der Waals surface area contributed by atoms with Gasteiger partial charge in [-0.2, -0.15) is 13.2 Å². The number of rotatable bonds is 5. The van der Waals surface area contributed by atoms with E-state index in [-0.39, 0.29) is 0 Å². The average Bonchev–Trinajstić information content (AvgIpc) is 2.68. The van der Waals surface area contributed by atoms with Crippen LogP contribution in [0.25, 0.3) is 11.1 Å². The van der Waals surface area contributed by atoms with Gasteiger partial charge in [-0.3, -0.25) is 0 Å². The molecule has 0 heterocycles. The fraction of sp³-hybridized carbons (Fsp3) is 0.136. The molecule has 0 aliphatic carbocycles. The van der Waals surface area contributed by atoms with Gasteiger partial charge in [0.1, 0.15) is 7.11 Å². The van der Waals surface area contributed by atoms with Crippen LogP contribution in [0.15, 0.2) is 84.0 Å². The Morgan fingerprint density at radius 3 is 1.89 bits per heavy atom. The van der Waals surface area contributed by atoms with Crippen LogP contribution in [0.3, 0.4) is 0 Å². The van der Waals surface area contributed by atoms with Gasteiger partial charge < -0.3 is 4.84 Å². The molecule has 5 heteroatoms. The Labute approximate surface area is 155 Å². The van der Waals surface area contributed by atoms with Gasteiger partial charge in [0.2, 0.25) is 0 Å². The first kappa shape index (κ1) is 18.7. The average molecular weight is 369 g/mol. The zero-order valence-corrected chi connectivity index (χ0v) is 14.7. The van der Waals surface area contributed by atoms with Crippen LogP contribution >= 0.6 is 0 Å². The molecule has 0 radical (unpaired) electrons. The minimum atomic E-state index is -4.33. The normalized spacial score (nSPS) is 12.1. The van der Waals surface area contributed by atoms with E-state index >= 15 is 0 Å². The van der Waals surface area contributed by atoms with E-state index in [1.165, 1.54) is 19.2 Å². The molecule has 0 aliphatic heterocycles. The summed E-state index contributed by atoms with van der Waals surface area (Å²) in [5.41, 5.74) is 3.70. The molecule has 0 unspecified atom stereocenters. The smallest absolute Gasteiger partial charge is 0.399 e. The minimum absolute atomic E-state index is 0.619. The summed E-state index contributed by atoms with van der Waals surface area (Å²) in [6.07, 6.45) is -3.71. The van der Waals surface area contributed by atoms with E-state index in [9.17, 15) is 13.2 Å². The van der Waals surface area contributed by atoms with Crippen molar-refractivity contribution in [3.8, 4) is 11.1 Å². The highest BCUT2D eigenvalue weighted by Gasteiger charge is 2.29. The summed E-state index contributed by atoms with van der Waals surface area (Å²) in [4.78, 5) is 4.97. The number of benzene rings is 3. The summed E-state index contributed by atoms with van der Waals surface area (Å²) in [5, 5.41) is 4.12. The van der Waals surface area contributed by atoms with E-state index in [0.29, 0.717) is 6.42 Å². The van der Waals surface area contributed by atoms with Crippen molar-refractivity contribution in [3.63, 3.8) is 0 Å². The molecule has 0 fully saturated rings. The van der Waals surface area contributed by atoms with E-state index < -0.39 is 11.7 Å². The lowest BCUT2D eigenvalue weighted by molar-refractivity contribution is -0.137. The van der Waals surface area contributed by atoms with Crippen molar-refractivity contribution >= 4 is 5.71 Å². The molecule has 0 N–H and O–H groups in total. The molecule has 0 saturated heterocycles. The Hall–Kier alpha value is -3.08. The van der Waals surface area contributed by atoms with Crippen LogP contribution in [0, 0.1) is 0 Å². The number of oxime groups is 1. The van der Waals surface area contributed by atoms with Gasteiger partial charge in [0, 0.05) is 6.42 Å². The minimum Gasteiger partial charge on any atom is -0.399 e. The van der Waals surface area contributed by atoms with E-state index in [1.807, 2.05) is 54.6 Å². The number of alkyl halides is 3. The Bertz CT molecular complexity index is 899. The first-order valence-corrected chi connectivity index (χ1v) is 8.39. The Morgan fingerprint density at radius 1 is 0.815 bits per heavy atom. The van der Waals surface area contributed by atoms with E-state index in [1.54, 1.807) is 0 Å². The second-order valence-corrected chi connectivity index (χ2v) is 6.04. The van der Waals surface area contributed by atoms with Crippen molar-refractivity contribution in [2.24, 2.45) is 5.16 Å². The number of hydrogen-bond donors (Lipinski definition) is 0. The fourth-order valence-corrected chi connectivity index (χ4v) is 2.79. The molecule has 2 nitrogen and oxygen atoms in total. The molecule has 0 bridgehead atoms. The third-order valence-electron chi connectivity index (χ3n) is 4.18. The Balaban J connectivity index is 1.82. The van der Waals surface area contributed by atoms with Gasteiger partial charge in [0.05, 0.1) is 11.3 Å². The zero-order chi connectivity index (χ0) is 19.3. The van der Waals surface area contributed by atoms with E-state index in [0.717, 1.165) is 40.1 Å². The lowest BCUT2D eigenvalue weighted by atomic mass is 9.98. The number of hydrogen-bond acceptors (Lipinski definition) is 2. The van der Waals surface area contributed by atoms with Crippen LogP contribution < -0.4 is 0 Å². The molecule has 0 spiro atoms. The Kier molecular flexibility index (Phi) is 5.60. The maximum absolute atomic E-state index is 12.7. The number of halogens is 3. The lowest BCUT2D eigenvalue weighted by Crippen LogP contribution is -2.06. The maximum Gasteiger partial charge on any atom is 0.416 e. The van der Waals surface area contributed by atoms with Crippen LogP contribution in [0.1, 0.15) is 16.7 Å². The zero-order valence-electron chi connectivity index (χ0n) is 14.7. The topological polar surface area (TPSA) is 21.6 Å². The molecule has 0 atom stereocenters. The Morgan fingerprint density at radius 2 is 1.37 bits per heavy atom. The summed E-state index contributed by atoms with van der Waals surface area (Å²) in [7, 11) is 1.50. The second kappa shape index (κ2) is 8.08. The van der Waals surface area contributed by atoms with Crippen molar-refractivity contribution < 1.29 is 18.0 Å². The van der Waals surface area contributed by atoms with Crippen molar-refractivity contribution in [2.75, 3.05) is 7.11 Å². The molecule has 0 amide bonds. The maximum atomic E-state index is 12.7. The summed E-state index contributed by atoms with van der Waals surface area (Å²) < 4.78 is 38.1. The second-order valence-electron chi connectivity index (χ2n) is 6.04. The predicted octanol–water partition coefficient (Wildman–Crippen LogP) is 5.97. The predicted molar refractivity (Wildman–Crippen MR) is 101 cm³/mol. The van der Waals surface area contributed by atoms with Gasteiger partial charge in [-0.15, -0.1) is 0 Å². The van der Waals surface area contributed by atoms with Gasteiger partial charge in [-0.25, -0.2) is 0 Å². The van der Waals surface area contributed by atoms with Crippen molar-refractivity contribution in [3.05, 3.63) is 95.6 Å². The van der Waals surface area contributed by atoms with Crippen molar-refractivity contribution in [1.82, 2.24) is 0 Å². The molecule has 0 aromatic heterocycles. The summed E-state index contributed by atoms with van der Waals surface area (Å²) >= 11 is 0. The van der Waals surface area contributed by atoms with Crippen LogP contribution in [0.5, 0.6) is 0 Å². The van der Waals surface area contributed by atoms with Crippen LogP contribution in [0.4, 0.5) is 13.2 Å². The summed E-state index contributed by atoms with van der Waals surface area (Å²) in [6.45, 7) is 0.